The number of aromatic nitrogens is 1. The van der Waals surface area contributed by atoms with E-state index in [4.69, 9.17) is 0 Å². The van der Waals surface area contributed by atoms with Gasteiger partial charge in [0.05, 0.1) is 5.52 Å². The summed E-state index contributed by atoms with van der Waals surface area (Å²) >= 11 is 0. The fourth-order valence-corrected chi connectivity index (χ4v) is 3.22. The van der Waals surface area contributed by atoms with Gasteiger partial charge in [-0.2, -0.15) is 0 Å². The van der Waals surface area contributed by atoms with Crippen LogP contribution in [0.4, 0.5) is 0 Å². The first-order chi connectivity index (χ1) is 10.1. The summed E-state index contributed by atoms with van der Waals surface area (Å²) in [5.74, 6) is -0.0255. The Kier molecular flexibility index (Phi) is 4.02. The molecule has 1 heterocycles. The number of nitrogens with zero attached hydrogens (tertiary/aromatic N) is 1. The minimum atomic E-state index is -0.860. The van der Waals surface area contributed by atoms with Gasteiger partial charge in [0.25, 0.3) is 0 Å². The number of hydrogen-bond acceptors (Lipinski definition) is 3. The molecule has 1 aliphatic carbocycles. The van der Waals surface area contributed by atoms with E-state index in [9.17, 15) is 9.90 Å². The summed E-state index contributed by atoms with van der Waals surface area (Å²) < 4.78 is 0. The normalized spacial score (nSPS) is 17.8. The van der Waals surface area contributed by atoms with E-state index >= 15 is 0 Å². The standard InChI is InChI=1S/C18H21NO2/c1-12-7-8-14-11-15(9-10-16(14)19-12)18(21)17(20)13-5-3-2-4-6-13/h7-11,13,17,20H,2-6H2,1H3. The Morgan fingerprint density at radius 3 is 2.71 bits per heavy atom. The molecule has 3 heteroatoms. The zero-order chi connectivity index (χ0) is 14.8. The maximum Gasteiger partial charge on any atom is 0.191 e. The number of fused-ring (bicyclic) bond motifs is 1. The van der Waals surface area contributed by atoms with Crippen LogP contribution in [0.5, 0.6) is 0 Å². The molecule has 0 bridgehead atoms. The molecule has 0 spiro atoms. The zero-order valence-electron chi connectivity index (χ0n) is 12.4. The summed E-state index contributed by atoms with van der Waals surface area (Å²) in [6.07, 6.45) is 4.52. The number of aliphatic hydroxyl groups is 1. The van der Waals surface area contributed by atoms with Crippen LogP contribution in [-0.2, 0) is 0 Å². The molecule has 0 saturated heterocycles. The number of aryl methyl sites for hydroxylation is 1. The van der Waals surface area contributed by atoms with Gasteiger partial charge in [-0.3, -0.25) is 9.78 Å². The minimum Gasteiger partial charge on any atom is -0.385 e. The van der Waals surface area contributed by atoms with Crippen LogP contribution in [0.25, 0.3) is 10.9 Å². The Labute approximate surface area is 125 Å². The van der Waals surface area contributed by atoms with Gasteiger partial charge in [0.1, 0.15) is 6.10 Å². The lowest BCUT2D eigenvalue weighted by molar-refractivity contribution is 0.0535. The zero-order valence-corrected chi connectivity index (χ0v) is 12.4. The fourth-order valence-electron chi connectivity index (χ4n) is 3.22. The SMILES string of the molecule is Cc1ccc2cc(C(=O)C(O)C3CCCCC3)ccc2n1. The van der Waals surface area contributed by atoms with Crippen molar-refractivity contribution in [1.29, 1.82) is 0 Å². The molecule has 0 amide bonds. The molecule has 1 aliphatic rings. The Hall–Kier alpha value is -1.74. The van der Waals surface area contributed by atoms with Crippen molar-refractivity contribution >= 4 is 16.7 Å². The van der Waals surface area contributed by atoms with Crippen LogP contribution in [0.15, 0.2) is 30.3 Å². The largest absolute Gasteiger partial charge is 0.385 e. The second-order valence-corrected chi connectivity index (χ2v) is 6.07. The summed E-state index contributed by atoms with van der Waals surface area (Å²) in [5.41, 5.74) is 2.44. The molecular weight excluding hydrogens is 262 g/mol. The lowest BCUT2D eigenvalue weighted by Crippen LogP contribution is -2.31. The van der Waals surface area contributed by atoms with E-state index in [0.29, 0.717) is 5.56 Å². The number of benzene rings is 1. The first-order valence-electron chi connectivity index (χ1n) is 7.75. The maximum atomic E-state index is 12.5. The van der Waals surface area contributed by atoms with Crippen LogP contribution in [-0.4, -0.2) is 22.0 Å². The third-order valence-corrected chi connectivity index (χ3v) is 4.48. The van der Waals surface area contributed by atoms with Crippen molar-refractivity contribution in [2.24, 2.45) is 5.92 Å². The Bertz CT molecular complexity index is 659. The Balaban J connectivity index is 1.85. The molecule has 1 aromatic heterocycles. The average Bonchev–Trinajstić information content (AvgIpc) is 2.53. The second-order valence-electron chi connectivity index (χ2n) is 6.07. The van der Waals surface area contributed by atoms with Gasteiger partial charge >= 0.3 is 0 Å². The summed E-state index contributed by atoms with van der Waals surface area (Å²) in [5, 5.41) is 11.3. The number of Topliss-reactive ketones (excluding diaryl/α,β-unsaturated/α-hetero) is 1. The highest BCUT2D eigenvalue weighted by atomic mass is 16.3. The summed E-state index contributed by atoms with van der Waals surface area (Å²) in [7, 11) is 0. The Morgan fingerprint density at radius 2 is 1.95 bits per heavy atom. The van der Waals surface area contributed by atoms with Crippen molar-refractivity contribution in [1.82, 2.24) is 4.98 Å². The van der Waals surface area contributed by atoms with E-state index in [-0.39, 0.29) is 11.7 Å². The summed E-state index contributed by atoms with van der Waals surface area (Å²) in [4.78, 5) is 16.9. The highest BCUT2D eigenvalue weighted by Crippen LogP contribution is 2.28. The molecule has 0 radical (unpaired) electrons. The van der Waals surface area contributed by atoms with Gasteiger partial charge in [0, 0.05) is 16.6 Å². The summed E-state index contributed by atoms with van der Waals surface area (Å²) in [6, 6.07) is 9.40. The number of aliphatic hydroxyl groups excluding tert-OH is 1. The van der Waals surface area contributed by atoms with Gasteiger partial charge in [-0.15, -0.1) is 0 Å². The van der Waals surface area contributed by atoms with Gasteiger partial charge in [-0.05, 0) is 49.9 Å². The topological polar surface area (TPSA) is 50.2 Å². The van der Waals surface area contributed by atoms with Crippen molar-refractivity contribution in [3.63, 3.8) is 0 Å². The van der Waals surface area contributed by atoms with Crippen LogP contribution in [0.1, 0.15) is 48.2 Å². The molecule has 2 aromatic rings. The molecule has 1 aromatic carbocycles. The number of pyridine rings is 1. The number of carbonyl (C=O) groups excluding carboxylic acids is 1. The molecule has 3 rings (SSSR count). The van der Waals surface area contributed by atoms with Gasteiger partial charge in [-0.1, -0.05) is 25.3 Å². The van der Waals surface area contributed by atoms with Crippen LogP contribution in [0, 0.1) is 12.8 Å². The lowest BCUT2D eigenvalue weighted by atomic mass is 9.82. The van der Waals surface area contributed by atoms with E-state index < -0.39 is 6.10 Å². The average molecular weight is 283 g/mol. The second kappa shape index (κ2) is 5.94. The molecule has 1 fully saturated rings. The highest BCUT2D eigenvalue weighted by Gasteiger charge is 2.28. The molecule has 3 nitrogen and oxygen atoms in total. The lowest BCUT2D eigenvalue weighted by Gasteiger charge is -2.25. The number of ketones is 1. The van der Waals surface area contributed by atoms with E-state index in [0.717, 1.165) is 42.3 Å². The van der Waals surface area contributed by atoms with E-state index in [1.807, 2.05) is 31.2 Å². The molecule has 110 valence electrons. The Morgan fingerprint density at radius 1 is 1.19 bits per heavy atom. The molecule has 21 heavy (non-hydrogen) atoms. The van der Waals surface area contributed by atoms with Crippen molar-refractivity contribution in [2.45, 2.75) is 45.1 Å². The molecule has 0 aliphatic heterocycles. The van der Waals surface area contributed by atoms with E-state index in [1.165, 1.54) is 6.42 Å². The van der Waals surface area contributed by atoms with Gasteiger partial charge < -0.3 is 5.11 Å². The van der Waals surface area contributed by atoms with E-state index in [2.05, 4.69) is 4.98 Å². The third kappa shape index (κ3) is 2.98. The monoisotopic (exact) mass is 283 g/mol. The first kappa shape index (κ1) is 14.2. The molecule has 1 atom stereocenters. The minimum absolute atomic E-state index is 0.123. The molecule has 1 N–H and O–H groups in total. The van der Waals surface area contributed by atoms with Crippen molar-refractivity contribution < 1.29 is 9.90 Å². The van der Waals surface area contributed by atoms with Crippen LogP contribution in [0.2, 0.25) is 0 Å². The van der Waals surface area contributed by atoms with Crippen molar-refractivity contribution in [3.8, 4) is 0 Å². The maximum absolute atomic E-state index is 12.5. The molecule has 1 saturated carbocycles. The van der Waals surface area contributed by atoms with Gasteiger partial charge in [0.2, 0.25) is 0 Å². The quantitative estimate of drug-likeness (QED) is 0.874. The van der Waals surface area contributed by atoms with Crippen LogP contribution < -0.4 is 0 Å². The van der Waals surface area contributed by atoms with Crippen LogP contribution >= 0.6 is 0 Å². The van der Waals surface area contributed by atoms with Crippen molar-refractivity contribution in [3.05, 3.63) is 41.6 Å². The number of rotatable bonds is 3. The molecular formula is C18H21NO2. The highest BCUT2D eigenvalue weighted by molar-refractivity contribution is 6.02. The first-order valence-corrected chi connectivity index (χ1v) is 7.75. The fraction of sp³-hybridized carbons (Fsp3) is 0.444. The predicted molar refractivity (Wildman–Crippen MR) is 83.4 cm³/mol. The third-order valence-electron chi connectivity index (χ3n) is 4.48. The van der Waals surface area contributed by atoms with E-state index in [1.54, 1.807) is 6.07 Å². The number of carbonyl (C=O) groups is 1. The van der Waals surface area contributed by atoms with Crippen LogP contribution in [0.3, 0.4) is 0 Å². The molecule has 1 unspecified atom stereocenters. The van der Waals surface area contributed by atoms with Gasteiger partial charge in [-0.25, -0.2) is 0 Å². The predicted octanol–water partition coefficient (Wildman–Crippen LogP) is 3.67. The number of hydrogen-bond donors (Lipinski definition) is 1. The van der Waals surface area contributed by atoms with Gasteiger partial charge in [0.15, 0.2) is 5.78 Å². The smallest absolute Gasteiger partial charge is 0.191 e. The van der Waals surface area contributed by atoms with Crippen molar-refractivity contribution in [2.75, 3.05) is 0 Å². The summed E-state index contributed by atoms with van der Waals surface area (Å²) in [6.45, 7) is 1.95.